The molecular weight excluding hydrogens is 406 g/mol. The lowest BCUT2D eigenvalue weighted by atomic mass is 9.98. The van der Waals surface area contributed by atoms with Gasteiger partial charge in [0.05, 0.1) is 17.7 Å². The van der Waals surface area contributed by atoms with Crippen molar-refractivity contribution in [2.24, 2.45) is 5.73 Å². The third-order valence-corrected chi connectivity index (χ3v) is 5.67. The summed E-state index contributed by atoms with van der Waals surface area (Å²) in [4.78, 5) is 26.7. The maximum absolute atomic E-state index is 13.0. The summed E-state index contributed by atoms with van der Waals surface area (Å²) in [6.07, 6.45) is 0.485. The molecule has 0 aliphatic carbocycles. The van der Waals surface area contributed by atoms with E-state index in [1.807, 2.05) is 42.5 Å². The van der Waals surface area contributed by atoms with Crippen LogP contribution in [0.4, 0.5) is 4.79 Å². The van der Waals surface area contributed by atoms with Crippen LogP contribution in [0.5, 0.6) is 5.75 Å². The lowest BCUT2D eigenvalue weighted by Crippen LogP contribution is -2.55. The SMILES string of the molecule is CC(C)(C)OC(=O)N1[C@@H](c2ccc(OCc3ccccc3C#N)cc2)CC[C@@]1(C)C(N)=O. The van der Waals surface area contributed by atoms with Crippen molar-refractivity contribution in [3.8, 4) is 11.8 Å². The van der Waals surface area contributed by atoms with Crippen molar-refractivity contribution < 1.29 is 19.1 Å². The summed E-state index contributed by atoms with van der Waals surface area (Å²) in [6, 6.07) is 16.5. The highest BCUT2D eigenvalue weighted by atomic mass is 16.6. The van der Waals surface area contributed by atoms with Gasteiger partial charge >= 0.3 is 6.09 Å². The Labute approximate surface area is 188 Å². The predicted octanol–water partition coefficient (Wildman–Crippen LogP) is 4.45. The van der Waals surface area contributed by atoms with Crippen LogP contribution < -0.4 is 10.5 Å². The molecule has 2 aromatic rings. The molecule has 3 rings (SSSR count). The number of primary amides is 1. The largest absolute Gasteiger partial charge is 0.489 e. The number of carbonyl (C=O) groups is 2. The van der Waals surface area contributed by atoms with Gasteiger partial charge in [0.25, 0.3) is 0 Å². The van der Waals surface area contributed by atoms with Crippen molar-refractivity contribution in [1.82, 2.24) is 4.90 Å². The van der Waals surface area contributed by atoms with Gasteiger partial charge in [-0.1, -0.05) is 30.3 Å². The summed E-state index contributed by atoms with van der Waals surface area (Å²) in [5.74, 6) is 0.0861. The number of carbonyl (C=O) groups excluding carboxylic acids is 2. The lowest BCUT2D eigenvalue weighted by Gasteiger charge is -2.37. The molecule has 2 amide bonds. The number of likely N-dealkylation sites (tertiary alicyclic amines) is 1. The van der Waals surface area contributed by atoms with E-state index in [1.165, 1.54) is 4.90 Å². The Balaban J connectivity index is 1.79. The van der Waals surface area contributed by atoms with Gasteiger partial charge < -0.3 is 15.2 Å². The molecule has 0 bridgehead atoms. The summed E-state index contributed by atoms with van der Waals surface area (Å²) >= 11 is 0. The molecule has 168 valence electrons. The number of ether oxygens (including phenoxy) is 2. The fraction of sp³-hybridized carbons (Fsp3) is 0.400. The Morgan fingerprint density at radius 3 is 2.44 bits per heavy atom. The van der Waals surface area contributed by atoms with E-state index < -0.39 is 23.1 Å². The fourth-order valence-corrected chi connectivity index (χ4v) is 3.91. The smallest absolute Gasteiger partial charge is 0.411 e. The Hall–Kier alpha value is -3.53. The average molecular weight is 436 g/mol. The predicted molar refractivity (Wildman–Crippen MR) is 120 cm³/mol. The zero-order valence-electron chi connectivity index (χ0n) is 18.9. The normalized spacial score (nSPS) is 20.5. The monoisotopic (exact) mass is 435 g/mol. The van der Waals surface area contributed by atoms with Gasteiger partial charge in [-0.05, 0) is 64.3 Å². The molecule has 0 unspecified atom stereocenters. The van der Waals surface area contributed by atoms with Crippen LogP contribution in [0, 0.1) is 11.3 Å². The third-order valence-electron chi connectivity index (χ3n) is 5.67. The minimum Gasteiger partial charge on any atom is -0.489 e. The van der Waals surface area contributed by atoms with E-state index in [1.54, 1.807) is 33.8 Å². The van der Waals surface area contributed by atoms with Gasteiger partial charge in [0.1, 0.15) is 23.5 Å². The van der Waals surface area contributed by atoms with Crippen LogP contribution in [0.3, 0.4) is 0 Å². The minimum atomic E-state index is -1.12. The Bertz CT molecular complexity index is 1040. The van der Waals surface area contributed by atoms with Crippen LogP contribution in [0.15, 0.2) is 48.5 Å². The molecule has 7 heteroatoms. The molecule has 32 heavy (non-hydrogen) atoms. The van der Waals surface area contributed by atoms with Gasteiger partial charge in [-0.2, -0.15) is 5.26 Å². The summed E-state index contributed by atoms with van der Waals surface area (Å²) in [6.45, 7) is 7.32. The number of benzene rings is 2. The number of hydrogen-bond acceptors (Lipinski definition) is 5. The summed E-state index contributed by atoms with van der Waals surface area (Å²) < 4.78 is 11.4. The number of amides is 2. The van der Waals surface area contributed by atoms with Crippen LogP contribution >= 0.6 is 0 Å². The number of nitrogens with two attached hydrogens (primary N) is 1. The number of rotatable bonds is 5. The summed E-state index contributed by atoms with van der Waals surface area (Å²) in [5, 5.41) is 9.21. The molecule has 2 aromatic carbocycles. The zero-order valence-corrected chi connectivity index (χ0v) is 18.9. The molecule has 0 saturated carbocycles. The number of nitriles is 1. The Morgan fingerprint density at radius 1 is 1.19 bits per heavy atom. The molecular formula is C25H29N3O4. The first-order chi connectivity index (χ1) is 15.0. The second kappa shape index (κ2) is 8.91. The van der Waals surface area contributed by atoms with Crippen LogP contribution in [0.1, 0.15) is 63.3 Å². The standard InChI is InChI=1S/C25H29N3O4/c1-24(2,3)32-23(30)28-21(13-14-25(28,4)22(27)29)17-9-11-20(12-10-17)31-16-19-8-6-5-7-18(19)15-26/h5-12,21H,13-14,16H2,1-4H3,(H2,27,29)/t21-,25+/m1/s1. The molecule has 7 nitrogen and oxygen atoms in total. The second-order valence-electron chi connectivity index (χ2n) is 9.17. The number of hydrogen-bond donors (Lipinski definition) is 1. The van der Waals surface area contributed by atoms with E-state index >= 15 is 0 Å². The highest BCUT2D eigenvalue weighted by Crippen LogP contribution is 2.43. The molecule has 2 N–H and O–H groups in total. The van der Waals surface area contributed by atoms with Crippen molar-refractivity contribution in [3.63, 3.8) is 0 Å². The molecule has 0 aromatic heterocycles. The van der Waals surface area contributed by atoms with E-state index in [2.05, 4.69) is 6.07 Å². The van der Waals surface area contributed by atoms with Gasteiger partial charge in [-0.25, -0.2) is 4.79 Å². The molecule has 1 saturated heterocycles. The van der Waals surface area contributed by atoms with Gasteiger partial charge in [0.15, 0.2) is 0 Å². The summed E-state index contributed by atoms with van der Waals surface area (Å²) in [5.41, 5.74) is 6.11. The molecule has 1 aliphatic rings. The van der Waals surface area contributed by atoms with Crippen LogP contribution in [-0.2, 0) is 16.1 Å². The van der Waals surface area contributed by atoms with Crippen molar-refractivity contribution in [3.05, 3.63) is 65.2 Å². The van der Waals surface area contributed by atoms with E-state index in [0.717, 1.165) is 11.1 Å². The van der Waals surface area contributed by atoms with E-state index in [0.29, 0.717) is 24.2 Å². The molecule has 1 aliphatic heterocycles. The topological polar surface area (TPSA) is 106 Å². The summed E-state index contributed by atoms with van der Waals surface area (Å²) in [7, 11) is 0. The van der Waals surface area contributed by atoms with E-state index in [-0.39, 0.29) is 12.6 Å². The Kier molecular flexibility index (Phi) is 6.45. The van der Waals surface area contributed by atoms with Crippen LogP contribution in [0.25, 0.3) is 0 Å². The average Bonchev–Trinajstić information content (AvgIpc) is 3.10. The first-order valence-corrected chi connectivity index (χ1v) is 10.6. The van der Waals surface area contributed by atoms with Crippen molar-refractivity contribution >= 4 is 12.0 Å². The maximum Gasteiger partial charge on any atom is 0.411 e. The maximum atomic E-state index is 13.0. The minimum absolute atomic E-state index is 0.274. The Morgan fingerprint density at radius 2 is 1.84 bits per heavy atom. The van der Waals surface area contributed by atoms with Crippen LogP contribution in [0.2, 0.25) is 0 Å². The van der Waals surface area contributed by atoms with Gasteiger partial charge in [0, 0.05) is 5.56 Å². The molecule has 1 heterocycles. The van der Waals surface area contributed by atoms with Gasteiger partial charge in [-0.15, -0.1) is 0 Å². The molecule has 1 fully saturated rings. The lowest BCUT2D eigenvalue weighted by molar-refractivity contribution is -0.128. The zero-order chi connectivity index (χ0) is 23.5. The fourth-order valence-electron chi connectivity index (χ4n) is 3.91. The van der Waals surface area contributed by atoms with E-state index in [4.69, 9.17) is 15.2 Å². The first-order valence-electron chi connectivity index (χ1n) is 10.6. The third kappa shape index (κ3) is 4.86. The van der Waals surface area contributed by atoms with Gasteiger partial charge in [0.2, 0.25) is 5.91 Å². The molecule has 0 radical (unpaired) electrons. The van der Waals surface area contributed by atoms with Crippen molar-refractivity contribution in [2.45, 2.75) is 64.3 Å². The highest BCUT2D eigenvalue weighted by molar-refractivity contribution is 5.89. The van der Waals surface area contributed by atoms with Crippen LogP contribution in [-0.4, -0.2) is 28.0 Å². The highest BCUT2D eigenvalue weighted by Gasteiger charge is 2.51. The molecule has 0 spiro atoms. The quantitative estimate of drug-likeness (QED) is 0.747. The van der Waals surface area contributed by atoms with Crippen molar-refractivity contribution in [1.29, 1.82) is 5.26 Å². The first kappa shape index (κ1) is 23.1. The van der Waals surface area contributed by atoms with Crippen molar-refractivity contribution in [2.75, 3.05) is 0 Å². The second-order valence-corrected chi connectivity index (χ2v) is 9.17. The number of nitrogens with zero attached hydrogens (tertiary/aromatic N) is 2. The van der Waals surface area contributed by atoms with E-state index in [9.17, 15) is 14.9 Å². The molecule has 2 atom stereocenters. The van der Waals surface area contributed by atoms with Gasteiger partial charge in [-0.3, -0.25) is 9.69 Å².